The molecule has 180 valence electrons. The minimum Gasteiger partial charge on any atom is -0.406 e. The predicted molar refractivity (Wildman–Crippen MR) is 124 cm³/mol. The molecule has 4 rings (SSSR count). The lowest BCUT2D eigenvalue weighted by atomic mass is 10.0. The van der Waals surface area contributed by atoms with Crippen LogP contribution in [0.1, 0.15) is 17.5 Å². The van der Waals surface area contributed by atoms with Gasteiger partial charge in [-0.2, -0.15) is 0 Å². The molecule has 0 spiro atoms. The Bertz CT molecular complexity index is 1230. The minimum atomic E-state index is -4.89. The van der Waals surface area contributed by atoms with Gasteiger partial charge < -0.3 is 4.74 Å². The molecule has 3 aromatic rings. The number of ether oxygens (including phenoxy) is 1. The Morgan fingerprint density at radius 2 is 1.65 bits per heavy atom. The number of aryl methyl sites for hydroxylation is 1. The number of nitrogens with one attached hydrogen (secondary N) is 1. The molecule has 1 heterocycles. The van der Waals surface area contributed by atoms with Crippen LogP contribution in [0, 0.1) is 6.92 Å². The molecule has 1 aliphatic heterocycles. The fourth-order valence-electron chi connectivity index (χ4n) is 4.01. The van der Waals surface area contributed by atoms with E-state index in [0.717, 1.165) is 28.8 Å². The quantitative estimate of drug-likeness (QED) is 0.500. The van der Waals surface area contributed by atoms with Crippen molar-refractivity contribution in [3.8, 4) is 16.9 Å². The standard InChI is InChI=1S/C25H25F3N2O3S/c1-18-5-9-20(10-6-18)21-11-7-19(8-12-21)16-30-14-13-22(17-30)29-34(31,32)24-4-2-3-23(15-24)33-25(26,27)28/h2-12,15,22,29H,13-14,16-17H2,1H3/t22-/m1/s1. The molecule has 1 N–H and O–H groups in total. The van der Waals surface area contributed by atoms with Crippen molar-refractivity contribution in [2.75, 3.05) is 13.1 Å². The van der Waals surface area contributed by atoms with Crippen LogP contribution in [0.25, 0.3) is 11.1 Å². The van der Waals surface area contributed by atoms with Crippen LogP contribution in [0.5, 0.6) is 5.75 Å². The van der Waals surface area contributed by atoms with Gasteiger partial charge in [-0.1, -0.05) is 60.2 Å². The van der Waals surface area contributed by atoms with Crippen LogP contribution in [0.3, 0.4) is 0 Å². The number of hydrogen-bond donors (Lipinski definition) is 1. The van der Waals surface area contributed by atoms with Crippen molar-refractivity contribution in [1.82, 2.24) is 9.62 Å². The number of halogens is 3. The number of benzene rings is 3. The Hall–Kier alpha value is -2.88. The van der Waals surface area contributed by atoms with Gasteiger partial charge >= 0.3 is 6.36 Å². The van der Waals surface area contributed by atoms with E-state index in [-0.39, 0.29) is 10.9 Å². The largest absolute Gasteiger partial charge is 0.573 e. The van der Waals surface area contributed by atoms with Crippen LogP contribution in [-0.4, -0.2) is 38.8 Å². The van der Waals surface area contributed by atoms with Crippen molar-refractivity contribution >= 4 is 10.0 Å². The normalized spacial score (nSPS) is 17.1. The Morgan fingerprint density at radius 3 is 2.29 bits per heavy atom. The fraction of sp³-hybridized carbons (Fsp3) is 0.280. The number of nitrogens with zero attached hydrogens (tertiary/aromatic N) is 1. The minimum absolute atomic E-state index is 0.264. The van der Waals surface area contributed by atoms with E-state index >= 15 is 0 Å². The second-order valence-corrected chi connectivity index (χ2v) is 10.1. The molecule has 9 heteroatoms. The summed E-state index contributed by atoms with van der Waals surface area (Å²) in [4.78, 5) is 1.89. The van der Waals surface area contributed by atoms with Crippen molar-refractivity contribution in [2.24, 2.45) is 0 Å². The van der Waals surface area contributed by atoms with Gasteiger partial charge in [-0.3, -0.25) is 4.90 Å². The summed E-state index contributed by atoms with van der Waals surface area (Å²) >= 11 is 0. The van der Waals surface area contributed by atoms with Crippen molar-refractivity contribution in [3.63, 3.8) is 0 Å². The molecular formula is C25H25F3N2O3S. The number of likely N-dealkylation sites (tertiary alicyclic amines) is 1. The van der Waals surface area contributed by atoms with Gasteiger partial charge in [0.05, 0.1) is 4.90 Å². The van der Waals surface area contributed by atoms with Gasteiger partial charge in [0, 0.05) is 31.7 Å². The Morgan fingerprint density at radius 1 is 1.00 bits per heavy atom. The van der Waals surface area contributed by atoms with Crippen LogP contribution >= 0.6 is 0 Å². The van der Waals surface area contributed by atoms with Gasteiger partial charge in [-0.05, 0) is 42.2 Å². The first kappa shape index (κ1) is 24.3. The van der Waals surface area contributed by atoms with E-state index in [1.807, 2.05) is 0 Å². The zero-order valence-corrected chi connectivity index (χ0v) is 19.4. The zero-order valence-electron chi connectivity index (χ0n) is 18.5. The summed E-state index contributed by atoms with van der Waals surface area (Å²) in [5.74, 6) is -0.572. The van der Waals surface area contributed by atoms with E-state index in [1.54, 1.807) is 0 Å². The summed E-state index contributed by atoms with van der Waals surface area (Å²) < 4.78 is 69.2. The van der Waals surface area contributed by atoms with Gasteiger partial charge in [-0.25, -0.2) is 13.1 Å². The Labute approximate surface area is 197 Å². The molecule has 0 radical (unpaired) electrons. The maximum Gasteiger partial charge on any atom is 0.573 e. The molecule has 0 unspecified atom stereocenters. The highest BCUT2D eigenvalue weighted by molar-refractivity contribution is 7.89. The fourth-order valence-corrected chi connectivity index (χ4v) is 5.30. The maximum atomic E-state index is 12.7. The topological polar surface area (TPSA) is 58.6 Å². The second-order valence-electron chi connectivity index (χ2n) is 8.43. The molecule has 0 aromatic heterocycles. The van der Waals surface area contributed by atoms with Gasteiger partial charge in [0.1, 0.15) is 5.75 Å². The number of rotatable bonds is 7. The summed E-state index contributed by atoms with van der Waals surface area (Å²) in [6.07, 6.45) is -4.28. The summed E-state index contributed by atoms with van der Waals surface area (Å²) in [6, 6.07) is 20.7. The molecule has 5 nitrogen and oxygen atoms in total. The van der Waals surface area contributed by atoms with E-state index in [4.69, 9.17) is 0 Å². The van der Waals surface area contributed by atoms with Gasteiger partial charge in [0.15, 0.2) is 0 Å². The third-order valence-corrected chi connectivity index (χ3v) is 7.21. The summed E-state index contributed by atoms with van der Waals surface area (Å²) in [5.41, 5.74) is 4.61. The summed E-state index contributed by atoms with van der Waals surface area (Å²) in [7, 11) is -3.98. The molecule has 1 fully saturated rings. The molecule has 34 heavy (non-hydrogen) atoms. The first-order valence-electron chi connectivity index (χ1n) is 10.8. The number of sulfonamides is 1. The third-order valence-electron chi connectivity index (χ3n) is 5.69. The van der Waals surface area contributed by atoms with E-state index in [1.165, 1.54) is 17.7 Å². The van der Waals surface area contributed by atoms with E-state index in [2.05, 4.69) is 69.8 Å². The molecular weight excluding hydrogens is 465 g/mol. The lowest BCUT2D eigenvalue weighted by Gasteiger charge is -2.17. The van der Waals surface area contributed by atoms with Gasteiger partial charge in [0.2, 0.25) is 10.0 Å². The van der Waals surface area contributed by atoms with Gasteiger partial charge in [0.25, 0.3) is 0 Å². The van der Waals surface area contributed by atoms with Crippen LogP contribution in [-0.2, 0) is 16.6 Å². The summed E-state index contributed by atoms with van der Waals surface area (Å²) in [5, 5.41) is 0. The monoisotopic (exact) mass is 490 g/mol. The maximum absolute atomic E-state index is 12.7. The van der Waals surface area contributed by atoms with Crippen molar-refractivity contribution < 1.29 is 26.3 Å². The van der Waals surface area contributed by atoms with Crippen LogP contribution < -0.4 is 9.46 Å². The highest BCUT2D eigenvalue weighted by Crippen LogP contribution is 2.26. The molecule has 0 amide bonds. The van der Waals surface area contributed by atoms with Crippen molar-refractivity contribution in [2.45, 2.75) is 37.2 Å². The van der Waals surface area contributed by atoms with Crippen LogP contribution in [0.4, 0.5) is 13.2 Å². The molecule has 1 atom stereocenters. The first-order chi connectivity index (χ1) is 16.1. The number of alkyl halides is 3. The molecule has 0 aliphatic carbocycles. The lowest BCUT2D eigenvalue weighted by Crippen LogP contribution is -2.37. The van der Waals surface area contributed by atoms with E-state index < -0.39 is 22.1 Å². The average Bonchev–Trinajstić information content (AvgIpc) is 3.20. The van der Waals surface area contributed by atoms with Crippen molar-refractivity contribution in [3.05, 3.63) is 83.9 Å². The predicted octanol–water partition coefficient (Wildman–Crippen LogP) is 5.11. The van der Waals surface area contributed by atoms with E-state index in [9.17, 15) is 21.6 Å². The molecule has 1 saturated heterocycles. The molecule has 3 aromatic carbocycles. The average molecular weight is 491 g/mol. The van der Waals surface area contributed by atoms with E-state index in [0.29, 0.717) is 26.1 Å². The Kier molecular flexibility index (Phi) is 6.97. The molecule has 1 aliphatic rings. The zero-order chi connectivity index (χ0) is 24.3. The molecule has 0 saturated carbocycles. The Balaban J connectivity index is 1.34. The van der Waals surface area contributed by atoms with Gasteiger partial charge in [-0.15, -0.1) is 13.2 Å². The number of hydrogen-bond acceptors (Lipinski definition) is 4. The smallest absolute Gasteiger partial charge is 0.406 e. The highest BCUT2D eigenvalue weighted by Gasteiger charge is 2.32. The summed E-state index contributed by atoms with van der Waals surface area (Å²) in [6.45, 7) is 3.96. The second kappa shape index (κ2) is 9.77. The lowest BCUT2D eigenvalue weighted by molar-refractivity contribution is -0.274. The van der Waals surface area contributed by atoms with Crippen LogP contribution in [0.2, 0.25) is 0 Å². The van der Waals surface area contributed by atoms with Crippen LogP contribution in [0.15, 0.2) is 77.7 Å². The van der Waals surface area contributed by atoms with Crippen molar-refractivity contribution in [1.29, 1.82) is 0 Å². The highest BCUT2D eigenvalue weighted by atomic mass is 32.2. The SMILES string of the molecule is Cc1ccc(-c2ccc(CN3CC[C@@H](NS(=O)(=O)c4cccc(OC(F)(F)F)c4)C3)cc2)cc1. The molecule has 0 bridgehead atoms. The third kappa shape index (κ3) is 6.37. The first-order valence-corrected chi connectivity index (χ1v) is 12.3.